The van der Waals surface area contributed by atoms with Crippen LogP contribution >= 0.6 is 0 Å². The van der Waals surface area contributed by atoms with Crippen molar-refractivity contribution in [3.63, 3.8) is 0 Å². The molecule has 1 aromatic rings. The number of hydrogen-bond acceptors (Lipinski definition) is 7. The number of aliphatic hydroxyl groups is 1. The molecule has 1 spiro atoms. The minimum atomic E-state index is -1.21. The Morgan fingerprint density at radius 3 is 2.49 bits per heavy atom. The van der Waals surface area contributed by atoms with Gasteiger partial charge in [0.2, 0.25) is 5.91 Å². The van der Waals surface area contributed by atoms with Crippen molar-refractivity contribution in [3.05, 3.63) is 34.4 Å². The summed E-state index contributed by atoms with van der Waals surface area (Å²) >= 11 is 0. The van der Waals surface area contributed by atoms with E-state index in [1.54, 1.807) is 12.3 Å². The van der Waals surface area contributed by atoms with Crippen LogP contribution in [0.1, 0.15) is 83.1 Å². The second kappa shape index (κ2) is 9.20. The maximum Gasteiger partial charge on any atom is 0.335 e. The van der Waals surface area contributed by atoms with E-state index in [2.05, 4.69) is 19.6 Å². The van der Waals surface area contributed by atoms with Gasteiger partial charge in [-0.15, -0.1) is 0 Å². The van der Waals surface area contributed by atoms with Crippen LogP contribution in [0.25, 0.3) is 0 Å². The molecule has 37 heavy (non-hydrogen) atoms. The fraction of sp³-hybridized carbons (Fsp3) is 0.750. The molecule has 5 aliphatic rings. The zero-order valence-electron chi connectivity index (χ0n) is 21.7. The Bertz CT molecular complexity index is 1100. The molecule has 1 aromatic heterocycles. The summed E-state index contributed by atoms with van der Waals surface area (Å²) in [5.74, 6) is 0.558. The number of carboxylic acids is 1. The average molecular weight is 517 g/mol. The molecule has 9 nitrogen and oxygen atoms in total. The van der Waals surface area contributed by atoms with E-state index in [-0.39, 0.29) is 29.2 Å². The molecule has 5 fully saturated rings. The number of aliphatic hydroxyl groups excluding tert-OH is 1. The van der Waals surface area contributed by atoms with Crippen LogP contribution in [-0.4, -0.2) is 45.9 Å². The van der Waals surface area contributed by atoms with E-state index >= 15 is 0 Å². The number of aliphatic carboxylic acids is 1. The van der Waals surface area contributed by atoms with Gasteiger partial charge in [-0.1, -0.05) is 13.8 Å². The second-order valence-corrected chi connectivity index (χ2v) is 12.6. The van der Waals surface area contributed by atoms with Crippen molar-refractivity contribution in [3.8, 4) is 0 Å². The minimum absolute atomic E-state index is 0.0285. The van der Waals surface area contributed by atoms with Crippen LogP contribution in [0.5, 0.6) is 0 Å². The number of hydrogen-bond donors (Lipinski definition) is 4. The third-order valence-electron chi connectivity index (χ3n) is 10.9. The normalized spacial score (nSPS) is 44.1. The average Bonchev–Trinajstić information content (AvgIpc) is 3.50. The van der Waals surface area contributed by atoms with Crippen molar-refractivity contribution in [1.82, 2.24) is 0 Å². The van der Waals surface area contributed by atoms with Crippen molar-refractivity contribution >= 4 is 11.9 Å². The predicted octanol–water partition coefficient (Wildman–Crippen LogP) is 2.53. The summed E-state index contributed by atoms with van der Waals surface area (Å²) in [5, 5.41) is 18.3. The Labute approximate surface area is 216 Å². The third-order valence-corrected chi connectivity index (χ3v) is 10.9. The van der Waals surface area contributed by atoms with Crippen molar-refractivity contribution in [2.45, 2.75) is 101 Å². The quantitative estimate of drug-likeness (QED) is 0.442. The Hall–Kier alpha value is -2.23. The molecule has 0 radical (unpaired) electrons. The highest BCUT2D eigenvalue weighted by Crippen LogP contribution is 2.77. The lowest BCUT2D eigenvalue weighted by Gasteiger charge is -2.61. The summed E-state index contributed by atoms with van der Waals surface area (Å²) in [6.45, 7) is 4.97. The lowest BCUT2D eigenvalue weighted by atomic mass is 9.44. The molecular weight excluding hydrogens is 476 g/mol. The molecule has 0 aromatic carbocycles. The topological polar surface area (TPSA) is 169 Å². The van der Waals surface area contributed by atoms with Gasteiger partial charge in [0.15, 0.2) is 0 Å². The molecule has 4 aliphatic carbocycles. The summed E-state index contributed by atoms with van der Waals surface area (Å²) in [6.07, 6.45) is 10.8. The molecule has 10 atom stereocenters. The standard InChI is InChI=1S/C24H32O4.C4H8N2O3/c1-22-9-7-16(25)11-15(22)4-5-18-17(22)8-10-23(2)19(12-20-24(18,23)28-20)14-3-6-21(26)27-13-14;5-2(4(8)9)1-3(6)7/h3,6,13,15-20,25H,4-5,7-12H2,1-2H3;2H,1,5H2,(H2,6,7)(H,8,9)/t15-,16+,17+,18-,19-,20-,22+,23-,24-;/m1./s1. The lowest BCUT2D eigenvalue weighted by molar-refractivity contribution is -0.140. The first kappa shape index (κ1) is 26.4. The number of ether oxygens (including phenoxy) is 1. The number of carbonyl (C=O) groups excluding carboxylic acids is 1. The molecule has 1 aliphatic heterocycles. The van der Waals surface area contributed by atoms with Gasteiger partial charge in [-0.3, -0.25) is 9.59 Å². The minimum Gasteiger partial charge on any atom is -0.480 e. The molecule has 204 valence electrons. The van der Waals surface area contributed by atoms with E-state index in [4.69, 9.17) is 20.0 Å². The first-order valence-corrected chi connectivity index (χ1v) is 13.6. The van der Waals surface area contributed by atoms with Crippen molar-refractivity contribution in [1.29, 1.82) is 0 Å². The number of primary amides is 1. The number of amides is 1. The van der Waals surface area contributed by atoms with Gasteiger partial charge in [-0.25, -0.2) is 4.79 Å². The van der Waals surface area contributed by atoms with E-state index < -0.39 is 17.9 Å². The van der Waals surface area contributed by atoms with Crippen molar-refractivity contribution < 1.29 is 29.0 Å². The van der Waals surface area contributed by atoms with Crippen LogP contribution in [0.3, 0.4) is 0 Å². The molecule has 9 heteroatoms. The summed E-state index contributed by atoms with van der Waals surface area (Å²) < 4.78 is 11.8. The molecule has 2 heterocycles. The highest BCUT2D eigenvalue weighted by Gasteiger charge is 2.80. The number of carbonyl (C=O) groups is 2. The molecule has 1 unspecified atom stereocenters. The summed E-state index contributed by atoms with van der Waals surface area (Å²) in [5.41, 5.74) is 11.0. The van der Waals surface area contributed by atoms with Gasteiger partial charge < -0.3 is 30.8 Å². The van der Waals surface area contributed by atoms with Crippen LogP contribution in [0, 0.1) is 28.6 Å². The highest BCUT2D eigenvalue weighted by molar-refractivity contribution is 5.83. The fourth-order valence-electron chi connectivity index (χ4n) is 9.04. The van der Waals surface area contributed by atoms with Crippen LogP contribution in [0.2, 0.25) is 0 Å². The summed E-state index contributed by atoms with van der Waals surface area (Å²) in [7, 11) is 0. The van der Waals surface area contributed by atoms with Gasteiger partial charge in [0.05, 0.1) is 24.9 Å². The highest BCUT2D eigenvalue weighted by atomic mass is 16.6. The van der Waals surface area contributed by atoms with Gasteiger partial charge in [-0.05, 0) is 92.1 Å². The number of fused-ring (bicyclic) bond motifs is 3. The van der Waals surface area contributed by atoms with Gasteiger partial charge >= 0.3 is 11.6 Å². The Morgan fingerprint density at radius 1 is 1.11 bits per heavy atom. The van der Waals surface area contributed by atoms with E-state index in [9.17, 15) is 19.5 Å². The Morgan fingerprint density at radius 2 is 1.86 bits per heavy atom. The number of carboxylic acid groups (broad SMARTS) is 1. The van der Waals surface area contributed by atoms with E-state index in [0.717, 1.165) is 25.2 Å². The number of epoxide rings is 1. The van der Waals surface area contributed by atoms with E-state index in [1.807, 2.05) is 6.07 Å². The Balaban J connectivity index is 0.000000270. The zero-order chi connectivity index (χ0) is 26.8. The van der Waals surface area contributed by atoms with Gasteiger partial charge in [0.25, 0.3) is 0 Å². The monoisotopic (exact) mass is 516 g/mol. The molecule has 0 bridgehead atoms. The first-order chi connectivity index (χ1) is 17.4. The fourth-order valence-corrected chi connectivity index (χ4v) is 9.04. The molecule has 6 N–H and O–H groups in total. The molecular formula is C28H40N2O7. The predicted molar refractivity (Wildman–Crippen MR) is 134 cm³/mol. The molecule has 1 amide bonds. The lowest BCUT2D eigenvalue weighted by Crippen LogP contribution is -2.58. The summed E-state index contributed by atoms with van der Waals surface area (Å²) in [4.78, 5) is 31.3. The number of nitrogens with two attached hydrogens (primary N) is 2. The van der Waals surface area contributed by atoms with Crippen molar-refractivity contribution in [2.75, 3.05) is 0 Å². The smallest absolute Gasteiger partial charge is 0.335 e. The second-order valence-electron chi connectivity index (χ2n) is 12.6. The third kappa shape index (κ3) is 4.14. The van der Waals surface area contributed by atoms with Gasteiger partial charge in [-0.2, -0.15) is 0 Å². The van der Waals surface area contributed by atoms with Crippen molar-refractivity contribution in [2.24, 2.45) is 40.1 Å². The first-order valence-electron chi connectivity index (χ1n) is 13.6. The van der Waals surface area contributed by atoms with Crippen LogP contribution < -0.4 is 17.1 Å². The van der Waals surface area contributed by atoms with Crippen LogP contribution in [0.15, 0.2) is 27.6 Å². The SMILES string of the molecule is C[C@]12CC[C@H](O)C[C@H]1CC[C@@H]1[C@@H]2CC[C@]2(C)[C@@H](c3ccc(=O)oc3)C[C@H]3O[C@]132.NC(=O)CC(N)C(=O)O. The molecule has 1 saturated heterocycles. The van der Waals surface area contributed by atoms with E-state index in [1.165, 1.54) is 37.7 Å². The molecule has 6 rings (SSSR count). The maximum atomic E-state index is 11.4. The Kier molecular flexibility index (Phi) is 6.56. The van der Waals surface area contributed by atoms with E-state index in [0.29, 0.717) is 29.3 Å². The van der Waals surface area contributed by atoms with Crippen LogP contribution in [-0.2, 0) is 14.3 Å². The van der Waals surface area contributed by atoms with Crippen LogP contribution in [0.4, 0.5) is 0 Å². The van der Waals surface area contributed by atoms with Gasteiger partial charge in [0, 0.05) is 11.5 Å². The maximum absolute atomic E-state index is 11.4. The van der Waals surface area contributed by atoms with Gasteiger partial charge in [0.1, 0.15) is 11.6 Å². The largest absolute Gasteiger partial charge is 0.480 e. The summed E-state index contributed by atoms with van der Waals surface area (Å²) in [6, 6.07) is 2.39. The molecule has 4 saturated carbocycles. The zero-order valence-corrected chi connectivity index (χ0v) is 21.7. The number of rotatable bonds is 4.